The molecule has 0 atom stereocenters. The van der Waals surface area contributed by atoms with Crippen molar-refractivity contribution in [2.24, 2.45) is 0 Å². The van der Waals surface area contributed by atoms with Crippen LogP contribution in [0.5, 0.6) is 0 Å². The Balaban J connectivity index is 2.21. The molecule has 0 bridgehead atoms. The molecule has 2 N–H and O–H groups in total. The van der Waals surface area contributed by atoms with Crippen LogP contribution in [0.25, 0.3) is 0 Å². The summed E-state index contributed by atoms with van der Waals surface area (Å²) in [6, 6.07) is 2.02. The van der Waals surface area contributed by atoms with Crippen molar-refractivity contribution in [2.45, 2.75) is 43.0 Å². The van der Waals surface area contributed by atoms with Gasteiger partial charge in [-0.05, 0) is 25.2 Å². The molecule has 1 heterocycles. The fourth-order valence-electron chi connectivity index (χ4n) is 2.39. The fourth-order valence-corrected chi connectivity index (χ4v) is 4.32. The molecule has 5 nitrogen and oxygen atoms in total. The summed E-state index contributed by atoms with van der Waals surface area (Å²) in [5.41, 5.74) is 0.591. The highest BCUT2D eigenvalue weighted by Crippen LogP contribution is 2.25. The number of rotatable bonds is 4. The Morgan fingerprint density at radius 3 is 2.76 bits per heavy atom. The lowest BCUT2D eigenvalue weighted by Gasteiger charge is -2.25. The van der Waals surface area contributed by atoms with Crippen LogP contribution in [0.4, 0.5) is 5.69 Å². The number of thioether (sulfide) groups is 1. The third-order valence-electron chi connectivity index (χ3n) is 3.44. The van der Waals surface area contributed by atoms with Crippen LogP contribution >= 0.6 is 24.0 Å². The Morgan fingerprint density at radius 2 is 2.10 bits per heavy atom. The lowest BCUT2D eigenvalue weighted by Crippen LogP contribution is -2.29. The van der Waals surface area contributed by atoms with Gasteiger partial charge in [-0.25, -0.2) is 8.42 Å². The first-order valence-corrected chi connectivity index (χ1v) is 9.96. The Morgan fingerprint density at radius 1 is 1.38 bits per heavy atom. The lowest BCUT2D eigenvalue weighted by molar-refractivity contribution is 0.462. The molecule has 0 amide bonds. The van der Waals surface area contributed by atoms with Gasteiger partial charge in [-0.2, -0.15) is 0 Å². The molecule has 1 saturated carbocycles. The van der Waals surface area contributed by atoms with Crippen LogP contribution in [0.1, 0.15) is 32.1 Å². The van der Waals surface area contributed by atoms with E-state index in [4.69, 9.17) is 12.2 Å². The molecule has 0 aromatic carbocycles. The Bertz CT molecular complexity index is 598. The van der Waals surface area contributed by atoms with Gasteiger partial charge in [0.05, 0.1) is 5.69 Å². The van der Waals surface area contributed by atoms with Crippen LogP contribution in [0, 0.1) is 0 Å². The van der Waals surface area contributed by atoms with E-state index in [1.807, 2.05) is 0 Å². The Labute approximate surface area is 135 Å². The quantitative estimate of drug-likeness (QED) is 0.818. The molecule has 0 spiro atoms. The van der Waals surface area contributed by atoms with Gasteiger partial charge < -0.3 is 5.32 Å². The first-order valence-electron chi connectivity index (χ1n) is 6.84. The van der Waals surface area contributed by atoms with Crippen molar-refractivity contribution in [2.75, 3.05) is 11.6 Å². The fraction of sp³-hybridized carbons (Fsp3) is 0.538. The predicted octanol–water partition coefficient (Wildman–Crippen LogP) is 2.75. The third kappa shape index (κ3) is 4.55. The molecule has 116 valence electrons. The summed E-state index contributed by atoms with van der Waals surface area (Å²) in [6.45, 7) is 0. The number of hydrogen-bond acceptors (Lipinski definition) is 6. The number of thiocarbonyl (C=S) groups is 1. The summed E-state index contributed by atoms with van der Waals surface area (Å²) in [7, 11) is -3.69. The zero-order chi connectivity index (χ0) is 15.3. The van der Waals surface area contributed by atoms with Crippen molar-refractivity contribution in [1.82, 2.24) is 9.71 Å². The topological polar surface area (TPSA) is 71.1 Å². The summed E-state index contributed by atoms with van der Waals surface area (Å²) in [4.78, 5) is 4.07. The zero-order valence-electron chi connectivity index (χ0n) is 11.8. The number of aromatic nitrogens is 1. The van der Waals surface area contributed by atoms with Crippen molar-refractivity contribution < 1.29 is 8.42 Å². The van der Waals surface area contributed by atoms with Crippen molar-refractivity contribution in [1.29, 1.82) is 0 Å². The second kappa shape index (κ2) is 7.42. The minimum Gasteiger partial charge on any atom is -0.381 e. The van der Waals surface area contributed by atoms with Gasteiger partial charge in [-0.15, -0.1) is 0 Å². The maximum absolute atomic E-state index is 12.4. The van der Waals surface area contributed by atoms with E-state index in [1.54, 1.807) is 18.5 Å². The van der Waals surface area contributed by atoms with Gasteiger partial charge in [-0.1, -0.05) is 43.2 Å². The van der Waals surface area contributed by atoms with Crippen molar-refractivity contribution in [3.8, 4) is 0 Å². The molecule has 21 heavy (non-hydrogen) atoms. The van der Waals surface area contributed by atoms with Gasteiger partial charge in [0.1, 0.15) is 9.22 Å². The molecule has 1 aliphatic rings. The third-order valence-corrected chi connectivity index (χ3v) is 6.15. The number of sulfonamides is 1. The second-order valence-corrected chi connectivity index (χ2v) is 8.08. The highest BCUT2D eigenvalue weighted by Gasteiger charge is 2.22. The van der Waals surface area contributed by atoms with E-state index in [2.05, 4.69) is 15.0 Å². The van der Waals surface area contributed by atoms with Crippen LogP contribution in [0.2, 0.25) is 0 Å². The molecular formula is C13H19N3O2S3. The number of pyridine rings is 1. The van der Waals surface area contributed by atoms with Gasteiger partial charge in [0.15, 0.2) is 0 Å². The van der Waals surface area contributed by atoms with Gasteiger partial charge in [0, 0.05) is 18.4 Å². The highest BCUT2D eigenvalue weighted by molar-refractivity contribution is 8.23. The first kappa shape index (κ1) is 16.5. The maximum atomic E-state index is 12.4. The van der Waals surface area contributed by atoms with Gasteiger partial charge in [-0.3, -0.25) is 9.71 Å². The van der Waals surface area contributed by atoms with E-state index in [0.717, 1.165) is 12.8 Å². The summed E-state index contributed by atoms with van der Waals surface area (Å²) in [5.74, 6) is 0. The summed E-state index contributed by atoms with van der Waals surface area (Å²) in [5, 5.41) is 3.34. The van der Waals surface area contributed by atoms with Gasteiger partial charge in [0.2, 0.25) is 0 Å². The largest absolute Gasteiger partial charge is 0.381 e. The summed E-state index contributed by atoms with van der Waals surface area (Å²) < 4.78 is 27.4. The van der Waals surface area contributed by atoms with E-state index in [1.165, 1.54) is 37.2 Å². The molecule has 0 unspecified atom stereocenters. The standard InChI is InChI=1S/C13H19N3O2S3/c1-20-13(19)16-21(17,18)12-9-14-8-7-11(12)15-10-5-3-2-4-6-10/h7-10H,2-6H2,1H3,(H,14,15)(H,16,19). The number of nitrogens with zero attached hydrogens (tertiary/aromatic N) is 1. The highest BCUT2D eigenvalue weighted by atomic mass is 32.2. The lowest BCUT2D eigenvalue weighted by atomic mass is 9.95. The van der Waals surface area contributed by atoms with E-state index in [-0.39, 0.29) is 9.22 Å². The summed E-state index contributed by atoms with van der Waals surface area (Å²) in [6.07, 6.45) is 10.4. The van der Waals surface area contributed by atoms with Crippen LogP contribution in [-0.2, 0) is 10.0 Å². The van der Waals surface area contributed by atoms with Crippen LogP contribution in [0.15, 0.2) is 23.4 Å². The molecule has 1 aromatic rings. The average Bonchev–Trinajstić information content (AvgIpc) is 2.48. The number of anilines is 1. The molecule has 1 fully saturated rings. The minimum absolute atomic E-state index is 0.145. The zero-order valence-corrected chi connectivity index (χ0v) is 14.3. The van der Waals surface area contributed by atoms with Crippen LogP contribution < -0.4 is 10.0 Å². The molecule has 0 aliphatic heterocycles. The van der Waals surface area contributed by atoms with Crippen LogP contribution in [-0.4, -0.2) is 30.0 Å². The maximum Gasteiger partial charge on any atom is 0.266 e. The number of nitrogens with one attached hydrogen (secondary N) is 2. The monoisotopic (exact) mass is 345 g/mol. The molecule has 2 rings (SSSR count). The normalized spacial score (nSPS) is 16.4. The molecule has 8 heteroatoms. The predicted molar refractivity (Wildman–Crippen MR) is 91.2 cm³/mol. The second-order valence-electron chi connectivity index (χ2n) is 4.95. The van der Waals surface area contributed by atoms with E-state index in [0.29, 0.717) is 11.7 Å². The number of hydrogen-bond donors (Lipinski definition) is 2. The first-order chi connectivity index (χ1) is 10.0. The minimum atomic E-state index is -3.69. The molecule has 1 aliphatic carbocycles. The molecule has 0 saturated heterocycles. The average molecular weight is 346 g/mol. The Kier molecular flexibility index (Phi) is 5.83. The van der Waals surface area contributed by atoms with Crippen molar-refractivity contribution in [3.05, 3.63) is 18.5 Å². The summed E-state index contributed by atoms with van der Waals surface area (Å²) >= 11 is 6.13. The van der Waals surface area contributed by atoms with Crippen LogP contribution in [0.3, 0.4) is 0 Å². The molecular weight excluding hydrogens is 326 g/mol. The smallest absolute Gasteiger partial charge is 0.266 e. The van der Waals surface area contributed by atoms with E-state index in [9.17, 15) is 8.42 Å². The molecule has 1 aromatic heterocycles. The van der Waals surface area contributed by atoms with Gasteiger partial charge >= 0.3 is 0 Å². The van der Waals surface area contributed by atoms with Gasteiger partial charge in [0.25, 0.3) is 10.0 Å². The Hall–Kier alpha value is -0.860. The molecule has 0 radical (unpaired) electrons. The van der Waals surface area contributed by atoms with Crippen molar-refractivity contribution in [3.63, 3.8) is 0 Å². The van der Waals surface area contributed by atoms with E-state index < -0.39 is 10.0 Å². The van der Waals surface area contributed by atoms with E-state index >= 15 is 0 Å². The van der Waals surface area contributed by atoms with Crippen molar-refractivity contribution >= 4 is 44.0 Å². The SMILES string of the molecule is CSC(=S)NS(=O)(=O)c1cnccc1NC1CCCCC1.